The molecular weight excluding hydrogens is 248 g/mol. The zero-order valence-electron chi connectivity index (χ0n) is 10.8. The minimum atomic E-state index is -1.01. The normalized spacial score (nSPS) is 15.1. The maximum atomic E-state index is 11.2. The third-order valence-electron chi connectivity index (χ3n) is 3.15. The van der Waals surface area contributed by atoms with Crippen LogP contribution < -0.4 is 5.32 Å². The van der Waals surface area contributed by atoms with Gasteiger partial charge in [0.2, 0.25) is 0 Å². The SMILES string of the molecule is COCC(O)CNc1nc2c(cc1C(=O)O)CCC2. The lowest BCUT2D eigenvalue weighted by Gasteiger charge is -2.14. The number of aliphatic hydroxyl groups is 1. The first kappa shape index (κ1) is 13.8. The van der Waals surface area contributed by atoms with Gasteiger partial charge in [0.15, 0.2) is 0 Å². The van der Waals surface area contributed by atoms with E-state index in [-0.39, 0.29) is 18.7 Å². The summed E-state index contributed by atoms with van der Waals surface area (Å²) in [6.45, 7) is 0.403. The maximum Gasteiger partial charge on any atom is 0.339 e. The van der Waals surface area contributed by atoms with Gasteiger partial charge in [0.25, 0.3) is 0 Å². The molecule has 0 aliphatic heterocycles. The van der Waals surface area contributed by atoms with E-state index >= 15 is 0 Å². The number of rotatable bonds is 6. The largest absolute Gasteiger partial charge is 0.478 e. The van der Waals surface area contributed by atoms with Crippen molar-refractivity contribution in [1.82, 2.24) is 4.98 Å². The Balaban J connectivity index is 2.16. The third kappa shape index (κ3) is 3.21. The fourth-order valence-electron chi connectivity index (χ4n) is 2.24. The van der Waals surface area contributed by atoms with E-state index in [0.717, 1.165) is 30.5 Å². The monoisotopic (exact) mass is 266 g/mol. The van der Waals surface area contributed by atoms with E-state index in [1.165, 1.54) is 7.11 Å². The average molecular weight is 266 g/mol. The van der Waals surface area contributed by atoms with E-state index in [1.54, 1.807) is 6.07 Å². The Bertz CT molecular complexity index is 476. The van der Waals surface area contributed by atoms with Crippen LogP contribution in [0.1, 0.15) is 28.0 Å². The number of carbonyl (C=O) groups is 1. The molecule has 104 valence electrons. The van der Waals surface area contributed by atoms with Gasteiger partial charge in [-0.3, -0.25) is 0 Å². The molecule has 1 heterocycles. The standard InChI is InChI=1S/C13H18N2O4/c1-19-7-9(16)6-14-12-10(13(17)18)5-8-3-2-4-11(8)15-12/h5,9,16H,2-4,6-7H2,1H3,(H,14,15)(H,17,18). The second-order valence-electron chi connectivity index (χ2n) is 4.64. The highest BCUT2D eigenvalue weighted by Crippen LogP contribution is 2.25. The molecule has 0 radical (unpaired) electrons. The minimum Gasteiger partial charge on any atom is -0.478 e. The van der Waals surface area contributed by atoms with Crippen molar-refractivity contribution in [2.75, 3.05) is 25.6 Å². The molecule has 1 aliphatic rings. The van der Waals surface area contributed by atoms with E-state index in [4.69, 9.17) is 4.74 Å². The van der Waals surface area contributed by atoms with Gasteiger partial charge >= 0.3 is 5.97 Å². The molecule has 0 saturated heterocycles. The molecule has 3 N–H and O–H groups in total. The molecule has 1 aromatic heterocycles. The summed E-state index contributed by atoms with van der Waals surface area (Å²) < 4.78 is 4.82. The number of nitrogens with one attached hydrogen (secondary N) is 1. The molecule has 0 fully saturated rings. The van der Waals surface area contributed by atoms with Gasteiger partial charge in [-0.1, -0.05) is 0 Å². The van der Waals surface area contributed by atoms with Gasteiger partial charge in [-0.2, -0.15) is 0 Å². The number of hydrogen-bond donors (Lipinski definition) is 3. The first-order valence-corrected chi connectivity index (χ1v) is 6.28. The molecule has 6 heteroatoms. The highest BCUT2D eigenvalue weighted by molar-refractivity contribution is 5.93. The van der Waals surface area contributed by atoms with E-state index in [1.807, 2.05) is 0 Å². The van der Waals surface area contributed by atoms with Crippen LogP contribution in [0.5, 0.6) is 0 Å². The Kier molecular flexibility index (Phi) is 4.34. The summed E-state index contributed by atoms with van der Waals surface area (Å²) in [6, 6.07) is 1.68. The minimum absolute atomic E-state index is 0.158. The van der Waals surface area contributed by atoms with E-state index < -0.39 is 12.1 Å². The Hall–Kier alpha value is -1.66. The summed E-state index contributed by atoms with van der Waals surface area (Å²) in [7, 11) is 1.50. The summed E-state index contributed by atoms with van der Waals surface area (Å²) >= 11 is 0. The van der Waals surface area contributed by atoms with Gasteiger partial charge in [-0.15, -0.1) is 0 Å². The van der Waals surface area contributed by atoms with Gasteiger partial charge in [0, 0.05) is 19.3 Å². The molecule has 0 saturated carbocycles. The molecule has 19 heavy (non-hydrogen) atoms. The zero-order valence-corrected chi connectivity index (χ0v) is 10.8. The van der Waals surface area contributed by atoms with Crippen molar-refractivity contribution >= 4 is 11.8 Å². The lowest BCUT2D eigenvalue weighted by molar-refractivity contribution is 0.0692. The van der Waals surface area contributed by atoms with Crippen molar-refractivity contribution in [2.45, 2.75) is 25.4 Å². The van der Waals surface area contributed by atoms with Crippen molar-refractivity contribution in [3.05, 3.63) is 22.9 Å². The number of nitrogens with zero attached hydrogens (tertiary/aromatic N) is 1. The van der Waals surface area contributed by atoms with E-state index in [2.05, 4.69) is 10.3 Å². The number of carboxylic acids is 1. The first-order valence-electron chi connectivity index (χ1n) is 6.28. The van der Waals surface area contributed by atoms with Crippen LogP contribution in [0.25, 0.3) is 0 Å². The molecule has 2 rings (SSSR count). The summed E-state index contributed by atoms with van der Waals surface area (Å²) in [5, 5.41) is 21.7. The molecular formula is C13H18N2O4. The highest BCUT2D eigenvalue weighted by atomic mass is 16.5. The van der Waals surface area contributed by atoms with E-state index in [0.29, 0.717) is 5.82 Å². The maximum absolute atomic E-state index is 11.2. The predicted molar refractivity (Wildman–Crippen MR) is 69.6 cm³/mol. The van der Waals surface area contributed by atoms with Crippen LogP contribution in [-0.2, 0) is 17.6 Å². The van der Waals surface area contributed by atoms with Gasteiger partial charge in [-0.05, 0) is 30.9 Å². The molecule has 0 aromatic carbocycles. The first-order chi connectivity index (χ1) is 9.11. The second kappa shape index (κ2) is 5.99. The number of aryl methyl sites for hydroxylation is 2. The fraction of sp³-hybridized carbons (Fsp3) is 0.538. The Morgan fingerprint density at radius 2 is 2.37 bits per heavy atom. The number of ether oxygens (including phenoxy) is 1. The van der Waals surface area contributed by atoms with Gasteiger partial charge in [0.1, 0.15) is 11.4 Å². The number of anilines is 1. The van der Waals surface area contributed by atoms with E-state index in [9.17, 15) is 15.0 Å². The average Bonchev–Trinajstić information content (AvgIpc) is 2.82. The van der Waals surface area contributed by atoms with Crippen LogP contribution in [-0.4, -0.2) is 47.5 Å². The number of methoxy groups -OCH3 is 1. The molecule has 1 aromatic rings. The van der Waals surface area contributed by atoms with Crippen LogP contribution >= 0.6 is 0 Å². The number of aromatic carboxylic acids is 1. The quantitative estimate of drug-likeness (QED) is 0.701. The Labute approximate surface area is 111 Å². The van der Waals surface area contributed by atoms with Crippen LogP contribution in [0.15, 0.2) is 6.07 Å². The van der Waals surface area contributed by atoms with Crippen molar-refractivity contribution in [3.8, 4) is 0 Å². The number of carboxylic acid groups (broad SMARTS) is 1. The fourth-order valence-corrected chi connectivity index (χ4v) is 2.24. The number of aromatic nitrogens is 1. The summed E-state index contributed by atoms with van der Waals surface area (Å²) in [5.41, 5.74) is 2.12. The number of hydrogen-bond acceptors (Lipinski definition) is 5. The molecule has 1 unspecified atom stereocenters. The lowest BCUT2D eigenvalue weighted by atomic mass is 10.1. The Morgan fingerprint density at radius 3 is 3.05 bits per heavy atom. The number of aliphatic hydroxyl groups excluding tert-OH is 1. The van der Waals surface area contributed by atoms with Gasteiger partial charge in [0.05, 0.1) is 12.7 Å². The predicted octanol–water partition coefficient (Wildman–Crippen LogP) is 0.688. The third-order valence-corrected chi connectivity index (χ3v) is 3.15. The summed E-state index contributed by atoms with van der Waals surface area (Å²) in [6.07, 6.45) is 2.08. The molecule has 6 nitrogen and oxygen atoms in total. The molecule has 0 bridgehead atoms. The highest BCUT2D eigenvalue weighted by Gasteiger charge is 2.20. The van der Waals surface area contributed by atoms with Crippen LogP contribution in [0.3, 0.4) is 0 Å². The van der Waals surface area contributed by atoms with Crippen molar-refractivity contribution in [3.63, 3.8) is 0 Å². The smallest absolute Gasteiger partial charge is 0.339 e. The topological polar surface area (TPSA) is 91.7 Å². The van der Waals surface area contributed by atoms with Crippen LogP contribution in [0.2, 0.25) is 0 Å². The molecule has 0 amide bonds. The van der Waals surface area contributed by atoms with Crippen molar-refractivity contribution in [1.29, 1.82) is 0 Å². The Morgan fingerprint density at radius 1 is 1.58 bits per heavy atom. The lowest BCUT2D eigenvalue weighted by Crippen LogP contribution is -2.25. The summed E-state index contributed by atoms with van der Waals surface area (Å²) in [5.74, 6) is -0.686. The van der Waals surface area contributed by atoms with Crippen molar-refractivity contribution < 1.29 is 19.7 Å². The van der Waals surface area contributed by atoms with Gasteiger partial charge < -0.3 is 20.3 Å². The van der Waals surface area contributed by atoms with Gasteiger partial charge in [-0.25, -0.2) is 9.78 Å². The molecule has 1 aliphatic carbocycles. The number of pyridine rings is 1. The van der Waals surface area contributed by atoms with Crippen LogP contribution in [0.4, 0.5) is 5.82 Å². The second-order valence-corrected chi connectivity index (χ2v) is 4.64. The molecule has 0 spiro atoms. The summed E-state index contributed by atoms with van der Waals surface area (Å²) in [4.78, 5) is 15.6. The zero-order chi connectivity index (χ0) is 13.8. The van der Waals surface area contributed by atoms with Crippen molar-refractivity contribution in [2.24, 2.45) is 0 Å². The van der Waals surface area contributed by atoms with Crippen LogP contribution in [0, 0.1) is 0 Å². The number of fused-ring (bicyclic) bond motifs is 1. The molecule has 1 atom stereocenters.